The molecule has 0 amide bonds. The summed E-state index contributed by atoms with van der Waals surface area (Å²) in [5.41, 5.74) is 0.0932. The first kappa shape index (κ1) is 13.7. The van der Waals surface area contributed by atoms with Gasteiger partial charge in [0, 0.05) is 18.6 Å². The van der Waals surface area contributed by atoms with Gasteiger partial charge in [-0.05, 0) is 32.7 Å². The second kappa shape index (κ2) is 8.01. The lowest BCUT2D eigenvalue weighted by Crippen LogP contribution is -2.36. The maximum atomic E-state index is 9.33. The molecule has 0 aliphatic carbocycles. The van der Waals surface area contributed by atoms with Gasteiger partial charge in [-0.25, -0.2) is 0 Å². The Balaban J connectivity index is 3.71. The summed E-state index contributed by atoms with van der Waals surface area (Å²) in [6.45, 7) is 8.55. The normalized spacial score (nSPS) is 12.6. The number of aliphatic hydroxyl groups excluding tert-OH is 1. The van der Waals surface area contributed by atoms with E-state index in [0.717, 1.165) is 32.4 Å². The highest BCUT2D eigenvalue weighted by Crippen LogP contribution is 2.24. The average Bonchev–Trinajstić information content (AvgIpc) is 2.24. The molecule has 0 rings (SSSR count). The molecule has 0 aromatic carbocycles. The van der Waals surface area contributed by atoms with Crippen molar-refractivity contribution in [2.75, 3.05) is 19.7 Å². The molecule has 14 heavy (non-hydrogen) atoms. The monoisotopic (exact) mass is 199 g/mol. The molecule has 0 atom stereocenters. The van der Waals surface area contributed by atoms with Crippen LogP contribution in [0.3, 0.4) is 0 Å². The smallest absolute Gasteiger partial charge is 0.0499 e. The second-order valence-corrected chi connectivity index (χ2v) is 3.90. The lowest BCUT2D eigenvalue weighted by molar-refractivity contribution is 0.113. The Labute approximate surface area is 88.4 Å². The Kier molecular flexibility index (Phi) is 7.81. The van der Waals surface area contributed by atoms with Crippen molar-refractivity contribution in [3.63, 3.8) is 0 Å². The maximum absolute atomic E-state index is 9.33. The van der Waals surface area contributed by atoms with Crippen LogP contribution in [0.15, 0.2) is 12.2 Å². The molecule has 0 aromatic rings. The molecule has 0 spiro atoms. The van der Waals surface area contributed by atoms with E-state index in [-0.39, 0.29) is 12.0 Å². The van der Waals surface area contributed by atoms with Crippen LogP contribution in [0.5, 0.6) is 0 Å². The van der Waals surface area contributed by atoms with Crippen LogP contribution < -0.4 is 5.32 Å². The number of nitrogens with one attached hydrogen (secondary N) is 1. The average molecular weight is 199 g/mol. The van der Waals surface area contributed by atoms with E-state index in [0.29, 0.717) is 0 Å². The molecule has 0 aliphatic heterocycles. The molecule has 0 fully saturated rings. The first-order valence-electron chi connectivity index (χ1n) is 5.67. The summed E-state index contributed by atoms with van der Waals surface area (Å²) in [5.74, 6) is 0. The van der Waals surface area contributed by atoms with Gasteiger partial charge in [0.1, 0.15) is 0 Å². The zero-order valence-electron chi connectivity index (χ0n) is 9.84. The van der Waals surface area contributed by atoms with Gasteiger partial charge < -0.3 is 10.4 Å². The third-order valence-electron chi connectivity index (χ3n) is 3.06. The summed E-state index contributed by atoms with van der Waals surface area (Å²) in [5, 5.41) is 12.7. The van der Waals surface area contributed by atoms with E-state index in [1.54, 1.807) is 0 Å². The summed E-state index contributed by atoms with van der Waals surface area (Å²) >= 11 is 0. The number of aliphatic hydroxyl groups is 1. The fourth-order valence-electron chi connectivity index (χ4n) is 1.49. The number of rotatable bonds is 8. The lowest BCUT2D eigenvalue weighted by Gasteiger charge is -2.29. The third kappa shape index (κ3) is 4.77. The topological polar surface area (TPSA) is 32.3 Å². The number of hydrogen-bond donors (Lipinski definition) is 2. The van der Waals surface area contributed by atoms with E-state index in [1.807, 2.05) is 6.92 Å². The van der Waals surface area contributed by atoms with Crippen molar-refractivity contribution in [2.45, 2.75) is 40.0 Å². The van der Waals surface area contributed by atoms with Crippen LogP contribution in [0.2, 0.25) is 0 Å². The molecular weight excluding hydrogens is 174 g/mol. The van der Waals surface area contributed by atoms with Crippen molar-refractivity contribution < 1.29 is 5.11 Å². The number of hydrogen-bond acceptors (Lipinski definition) is 2. The molecular formula is C12H25NO. The van der Waals surface area contributed by atoms with Gasteiger partial charge >= 0.3 is 0 Å². The van der Waals surface area contributed by atoms with E-state index in [1.165, 1.54) is 0 Å². The molecule has 2 nitrogen and oxygen atoms in total. The van der Waals surface area contributed by atoms with Crippen LogP contribution >= 0.6 is 0 Å². The Morgan fingerprint density at radius 2 is 1.93 bits per heavy atom. The van der Waals surface area contributed by atoms with Gasteiger partial charge in [-0.3, -0.25) is 0 Å². The summed E-state index contributed by atoms with van der Waals surface area (Å²) in [6.07, 6.45) is 7.38. The highest BCUT2D eigenvalue weighted by atomic mass is 16.3. The molecule has 84 valence electrons. The van der Waals surface area contributed by atoms with Crippen LogP contribution in [0, 0.1) is 5.41 Å². The Morgan fingerprint density at radius 3 is 2.36 bits per heavy atom. The molecule has 0 bridgehead atoms. The Bertz CT molecular complexity index is 142. The van der Waals surface area contributed by atoms with Crippen molar-refractivity contribution in [3.8, 4) is 0 Å². The van der Waals surface area contributed by atoms with Crippen LogP contribution in [0.4, 0.5) is 0 Å². The SMILES string of the molecule is C/C=C/CCNCC(CC)(CC)CO. The zero-order chi connectivity index (χ0) is 10.9. The fourth-order valence-corrected chi connectivity index (χ4v) is 1.49. The van der Waals surface area contributed by atoms with E-state index in [9.17, 15) is 5.11 Å². The van der Waals surface area contributed by atoms with E-state index < -0.39 is 0 Å². The molecule has 0 heterocycles. The van der Waals surface area contributed by atoms with E-state index in [2.05, 4.69) is 31.3 Å². The van der Waals surface area contributed by atoms with E-state index in [4.69, 9.17) is 0 Å². The van der Waals surface area contributed by atoms with Crippen molar-refractivity contribution in [1.82, 2.24) is 5.32 Å². The zero-order valence-corrected chi connectivity index (χ0v) is 9.84. The molecule has 2 heteroatoms. The standard InChI is InChI=1S/C12H25NO/c1-4-7-8-9-13-10-12(5-2,6-3)11-14/h4,7,13-14H,5-6,8-11H2,1-3H3/b7-4+. The van der Waals surface area contributed by atoms with Gasteiger partial charge in [-0.15, -0.1) is 0 Å². The summed E-state index contributed by atoms with van der Waals surface area (Å²) in [7, 11) is 0. The van der Waals surface area contributed by atoms with Gasteiger partial charge in [0.2, 0.25) is 0 Å². The van der Waals surface area contributed by atoms with Crippen molar-refractivity contribution in [2.24, 2.45) is 5.41 Å². The predicted octanol–water partition coefficient (Wildman–Crippen LogP) is 2.34. The maximum Gasteiger partial charge on any atom is 0.0499 e. The third-order valence-corrected chi connectivity index (χ3v) is 3.06. The van der Waals surface area contributed by atoms with Gasteiger partial charge in [0.15, 0.2) is 0 Å². The fraction of sp³-hybridized carbons (Fsp3) is 0.833. The minimum absolute atomic E-state index is 0.0932. The van der Waals surface area contributed by atoms with Crippen LogP contribution in [-0.4, -0.2) is 24.8 Å². The van der Waals surface area contributed by atoms with Gasteiger partial charge in [0.05, 0.1) is 0 Å². The molecule has 0 saturated heterocycles. The summed E-state index contributed by atoms with van der Waals surface area (Å²) in [6, 6.07) is 0. The van der Waals surface area contributed by atoms with Crippen LogP contribution in [-0.2, 0) is 0 Å². The largest absolute Gasteiger partial charge is 0.396 e. The Morgan fingerprint density at radius 1 is 1.29 bits per heavy atom. The van der Waals surface area contributed by atoms with Crippen molar-refractivity contribution in [1.29, 1.82) is 0 Å². The predicted molar refractivity (Wildman–Crippen MR) is 62.4 cm³/mol. The summed E-state index contributed by atoms with van der Waals surface area (Å²) < 4.78 is 0. The highest BCUT2D eigenvalue weighted by Gasteiger charge is 2.24. The van der Waals surface area contributed by atoms with Crippen LogP contribution in [0.1, 0.15) is 40.0 Å². The van der Waals surface area contributed by atoms with Crippen molar-refractivity contribution >= 4 is 0 Å². The quantitative estimate of drug-likeness (QED) is 0.464. The summed E-state index contributed by atoms with van der Waals surface area (Å²) in [4.78, 5) is 0. The number of allylic oxidation sites excluding steroid dienone is 1. The van der Waals surface area contributed by atoms with Crippen LogP contribution in [0.25, 0.3) is 0 Å². The van der Waals surface area contributed by atoms with Gasteiger partial charge in [0.25, 0.3) is 0 Å². The first-order chi connectivity index (χ1) is 6.74. The molecule has 0 aromatic heterocycles. The molecule has 0 saturated carbocycles. The van der Waals surface area contributed by atoms with Gasteiger partial charge in [-0.2, -0.15) is 0 Å². The molecule has 0 radical (unpaired) electrons. The van der Waals surface area contributed by atoms with E-state index >= 15 is 0 Å². The molecule has 0 unspecified atom stereocenters. The second-order valence-electron chi connectivity index (χ2n) is 3.90. The lowest BCUT2D eigenvalue weighted by atomic mass is 9.83. The Hall–Kier alpha value is -0.340. The molecule has 2 N–H and O–H groups in total. The van der Waals surface area contributed by atoms with Crippen molar-refractivity contribution in [3.05, 3.63) is 12.2 Å². The molecule has 0 aliphatic rings. The minimum atomic E-state index is 0.0932. The highest BCUT2D eigenvalue weighted by molar-refractivity contribution is 4.81. The first-order valence-corrected chi connectivity index (χ1v) is 5.67. The van der Waals surface area contributed by atoms with Gasteiger partial charge in [-0.1, -0.05) is 26.0 Å². The minimum Gasteiger partial charge on any atom is -0.396 e.